The maximum Gasteiger partial charge on any atom is 0.305 e. The molecule has 13 heteroatoms. The van der Waals surface area contributed by atoms with E-state index in [4.69, 9.17) is 52.1 Å². The quantitative estimate of drug-likeness (QED) is 0.0372. The van der Waals surface area contributed by atoms with Crippen LogP contribution in [0.1, 0.15) is 64.7 Å². The molecule has 12 nitrogen and oxygen atoms in total. The normalized spacial score (nSPS) is 11.4. The SMILES string of the molecule is CCCCCCC(=O)OCCOCCOCCOCCOCCOCCOCCOCCOCCOCCOCCCCCCI. The van der Waals surface area contributed by atoms with Crippen molar-refractivity contribution in [3.63, 3.8) is 0 Å². The molecule has 0 aromatic rings. The van der Waals surface area contributed by atoms with Crippen molar-refractivity contribution in [2.75, 3.05) is 143 Å². The minimum Gasteiger partial charge on any atom is -0.463 e. The van der Waals surface area contributed by atoms with Crippen LogP contribution in [0.5, 0.6) is 0 Å². The number of carbonyl (C=O) groups excluding carboxylic acids is 1. The van der Waals surface area contributed by atoms with Crippen molar-refractivity contribution in [1.82, 2.24) is 0 Å². The summed E-state index contributed by atoms with van der Waals surface area (Å²) >= 11 is 2.42. The second kappa shape index (κ2) is 42.8. The number of ether oxygens (including phenoxy) is 11. The third kappa shape index (κ3) is 41.8. The van der Waals surface area contributed by atoms with E-state index in [-0.39, 0.29) is 12.6 Å². The van der Waals surface area contributed by atoms with Crippen molar-refractivity contribution in [3.8, 4) is 0 Å². The number of alkyl halides is 1. The smallest absolute Gasteiger partial charge is 0.305 e. The number of unbranched alkanes of at least 4 members (excludes halogenated alkanes) is 6. The molecule has 0 aliphatic carbocycles. The van der Waals surface area contributed by atoms with Gasteiger partial charge < -0.3 is 52.1 Å². The molecule has 0 N–H and O–H groups in total. The molecule has 0 unspecified atom stereocenters. The number of hydrogen-bond donors (Lipinski definition) is 0. The van der Waals surface area contributed by atoms with Gasteiger partial charge in [-0.1, -0.05) is 61.6 Å². The van der Waals surface area contributed by atoms with Gasteiger partial charge in [0.15, 0.2) is 0 Å². The molecule has 0 aromatic heterocycles. The summed E-state index contributed by atoms with van der Waals surface area (Å²) < 4.78 is 61.2. The van der Waals surface area contributed by atoms with Gasteiger partial charge in [-0.2, -0.15) is 0 Å². The van der Waals surface area contributed by atoms with E-state index in [0.717, 1.165) is 38.7 Å². The highest BCUT2D eigenvalue weighted by atomic mass is 127. The van der Waals surface area contributed by atoms with Gasteiger partial charge >= 0.3 is 5.97 Å². The average Bonchev–Trinajstić information content (AvgIpc) is 3.06. The monoisotopic (exact) mass is 780 g/mol. The Kier molecular flexibility index (Phi) is 42.6. The van der Waals surface area contributed by atoms with Crippen LogP contribution in [0.3, 0.4) is 0 Å². The number of hydrogen-bond acceptors (Lipinski definition) is 12. The molecule has 0 aliphatic heterocycles. The first-order valence-corrected chi connectivity index (χ1v) is 18.8. The maximum absolute atomic E-state index is 11.5. The van der Waals surface area contributed by atoms with E-state index in [0.29, 0.717) is 132 Å². The lowest BCUT2D eigenvalue weighted by Crippen LogP contribution is -2.15. The van der Waals surface area contributed by atoms with Crippen LogP contribution in [0.2, 0.25) is 0 Å². The van der Waals surface area contributed by atoms with E-state index < -0.39 is 0 Å². The van der Waals surface area contributed by atoms with Gasteiger partial charge in [0.25, 0.3) is 0 Å². The van der Waals surface area contributed by atoms with Crippen LogP contribution >= 0.6 is 22.6 Å². The van der Waals surface area contributed by atoms with Gasteiger partial charge in [-0.15, -0.1) is 0 Å². The topological polar surface area (TPSA) is 119 Å². The van der Waals surface area contributed by atoms with Crippen LogP contribution in [0.4, 0.5) is 0 Å². The third-order valence-corrected chi connectivity index (χ3v) is 7.01. The van der Waals surface area contributed by atoms with Crippen LogP contribution in [-0.4, -0.2) is 149 Å². The van der Waals surface area contributed by atoms with Gasteiger partial charge in [-0.3, -0.25) is 4.79 Å². The summed E-state index contributed by atoms with van der Waals surface area (Å²) in [5.74, 6) is -0.150. The first-order chi connectivity index (χ1) is 22.8. The number of esters is 1. The number of halogens is 1. The standard InChI is InChI=1S/C33H65IO12/c1-2-3-4-7-10-33(35)46-32-31-45-30-29-44-28-27-43-26-25-42-24-23-41-22-21-40-20-19-39-18-17-38-16-15-37-14-13-36-12-9-6-5-8-11-34/h2-32H2,1H3. The Labute approximate surface area is 292 Å². The van der Waals surface area contributed by atoms with E-state index in [9.17, 15) is 4.79 Å². The van der Waals surface area contributed by atoms with Gasteiger partial charge in [0.1, 0.15) is 6.61 Å². The van der Waals surface area contributed by atoms with Crippen molar-refractivity contribution >= 4 is 28.6 Å². The molecule has 0 spiro atoms. The van der Waals surface area contributed by atoms with Gasteiger partial charge in [-0.25, -0.2) is 0 Å². The molecule has 0 radical (unpaired) electrons. The van der Waals surface area contributed by atoms with E-state index in [2.05, 4.69) is 29.5 Å². The number of carbonyl (C=O) groups is 1. The molecule has 0 heterocycles. The van der Waals surface area contributed by atoms with E-state index in [1.165, 1.54) is 23.7 Å². The molecular weight excluding hydrogens is 715 g/mol. The highest BCUT2D eigenvalue weighted by Crippen LogP contribution is 2.03. The fourth-order valence-electron chi connectivity index (χ4n) is 3.72. The summed E-state index contributed by atoms with van der Waals surface area (Å²) in [5, 5.41) is 0. The summed E-state index contributed by atoms with van der Waals surface area (Å²) in [6.45, 7) is 13.1. The second-order valence-electron chi connectivity index (χ2n) is 10.3. The maximum atomic E-state index is 11.5. The Bertz CT molecular complexity index is 577. The predicted molar refractivity (Wildman–Crippen MR) is 185 cm³/mol. The summed E-state index contributed by atoms with van der Waals surface area (Å²) in [7, 11) is 0. The van der Waals surface area contributed by atoms with Crippen molar-refractivity contribution in [2.45, 2.75) is 64.7 Å². The Morgan fingerprint density at radius 1 is 0.370 bits per heavy atom. The van der Waals surface area contributed by atoms with Crippen molar-refractivity contribution in [1.29, 1.82) is 0 Å². The molecular formula is C33H65IO12. The van der Waals surface area contributed by atoms with Crippen LogP contribution < -0.4 is 0 Å². The minimum absolute atomic E-state index is 0.150. The summed E-state index contributed by atoms with van der Waals surface area (Å²) in [6, 6.07) is 0. The average molecular weight is 781 g/mol. The van der Waals surface area contributed by atoms with E-state index in [1.807, 2.05) is 0 Å². The zero-order valence-electron chi connectivity index (χ0n) is 28.7. The first-order valence-electron chi connectivity index (χ1n) is 17.3. The lowest BCUT2D eigenvalue weighted by Gasteiger charge is -2.09. The molecule has 0 aromatic carbocycles. The molecule has 0 amide bonds. The van der Waals surface area contributed by atoms with Gasteiger partial charge in [0.2, 0.25) is 0 Å². The molecule has 0 rings (SSSR count). The highest BCUT2D eigenvalue weighted by Gasteiger charge is 2.02. The summed E-state index contributed by atoms with van der Waals surface area (Å²) in [6.07, 6.45) is 9.74. The summed E-state index contributed by atoms with van der Waals surface area (Å²) in [4.78, 5) is 11.5. The van der Waals surface area contributed by atoms with E-state index >= 15 is 0 Å². The van der Waals surface area contributed by atoms with Crippen molar-refractivity contribution in [3.05, 3.63) is 0 Å². The molecule has 276 valence electrons. The Morgan fingerprint density at radius 3 is 1.02 bits per heavy atom. The molecule has 0 atom stereocenters. The van der Waals surface area contributed by atoms with Crippen LogP contribution in [-0.2, 0) is 56.9 Å². The van der Waals surface area contributed by atoms with Crippen molar-refractivity contribution < 1.29 is 56.9 Å². The van der Waals surface area contributed by atoms with E-state index in [1.54, 1.807) is 0 Å². The fourth-order valence-corrected chi connectivity index (χ4v) is 4.26. The Morgan fingerprint density at radius 2 is 0.674 bits per heavy atom. The Balaban J connectivity index is 3.07. The highest BCUT2D eigenvalue weighted by molar-refractivity contribution is 14.1. The van der Waals surface area contributed by atoms with Crippen LogP contribution in [0.15, 0.2) is 0 Å². The number of rotatable bonds is 41. The van der Waals surface area contributed by atoms with Gasteiger partial charge in [0, 0.05) is 13.0 Å². The third-order valence-electron chi connectivity index (χ3n) is 6.25. The zero-order chi connectivity index (χ0) is 33.3. The molecule has 0 fully saturated rings. The minimum atomic E-state index is -0.150. The predicted octanol–water partition coefficient (Wildman–Crippen LogP) is 4.66. The van der Waals surface area contributed by atoms with Crippen LogP contribution in [0, 0.1) is 0 Å². The van der Waals surface area contributed by atoms with Gasteiger partial charge in [-0.05, 0) is 23.7 Å². The van der Waals surface area contributed by atoms with Gasteiger partial charge in [0.05, 0.1) is 126 Å². The first kappa shape index (κ1) is 45.8. The lowest BCUT2D eigenvalue weighted by molar-refractivity contribution is -0.145. The lowest BCUT2D eigenvalue weighted by atomic mass is 10.2. The molecule has 46 heavy (non-hydrogen) atoms. The molecule has 0 saturated carbocycles. The molecule has 0 saturated heterocycles. The van der Waals surface area contributed by atoms with Crippen molar-refractivity contribution in [2.24, 2.45) is 0 Å². The molecule has 0 bridgehead atoms. The summed E-state index contributed by atoms with van der Waals surface area (Å²) in [5.41, 5.74) is 0. The fraction of sp³-hybridized carbons (Fsp3) is 0.970. The van der Waals surface area contributed by atoms with Crippen LogP contribution in [0.25, 0.3) is 0 Å². The largest absolute Gasteiger partial charge is 0.463 e. The zero-order valence-corrected chi connectivity index (χ0v) is 30.9. The Hall–Kier alpha value is -0.200. The second-order valence-corrected chi connectivity index (χ2v) is 11.3. The molecule has 0 aliphatic rings.